The van der Waals surface area contributed by atoms with E-state index in [2.05, 4.69) is 31.6 Å². The van der Waals surface area contributed by atoms with Crippen LogP contribution in [0.1, 0.15) is 56.1 Å². The van der Waals surface area contributed by atoms with Gasteiger partial charge in [-0.2, -0.15) is 0 Å². The van der Waals surface area contributed by atoms with Crippen LogP contribution in [0.2, 0.25) is 0 Å². The first kappa shape index (κ1) is 22.9. The Kier molecular flexibility index (Phi) is 4.85. The molecule has 192 valence electrons. The highest BCUT2D eigenvalue weighted by Gasteiger charge is 2.42. The van der Waals surface area contributed by atoms with E-state index in [0.29, 0.717) is 5.92 Å². The van der Waals surface area contributed by atoms with Gasteiger partial charge in [0.15, 0.2) is 0 Å². The van der Waals surface area contributed by atoms with Gasteiger partial charge in [0.2, 0.25) is 0 Å². The maximum Gasteiger partial charge on any atom is 0.113 e. The van der Waals surface area contributed by atoms with Gasteiger partial charge in [-0.1, -0.05) is 11.3 Å². The molecule has 7 rings (SSSR count). The molecule has 1 N–H and O–H groups in total. The largest absolute Gasteiger partial charge is 0.384 e. The Morgan fingerprint density at radius 3 is 2.62 bits per heavy atom. The molecule has 0 radical (unpaired) electrons. The molecule has 1 unspecified atom stereocenters. The summed E-state index contributed by atoms with van der Waals surface area (Å²) in [6, 6.07) is 2.25. The summed E-state index contributed by atoms with van der Waals surface area (Å²) in [5, 5.41) is 19.7. The van der Waals surface area contributed by atoms with Gasteiger partial charge < -0.3 is 19.0 Å². The molecule has 9 nitrogen and oxygen atoms in total. The van der Waals surface area contributed by atoms with Gasteiger partial charge in [0, 0.05) is 56.8 Å². The van der Waals surface area contributed by atoms with Crippen LogP contribution in [-0.4, -0.2) is 59.7 Å². The molecule has 3 aliphatic heterocycles. The topological polar surface area (TPSA) is 95.3 Å². The van der Waals surface area contributed by atoms with E-state index in [4.69, 9.17) is 14.7 Å². The number of hydrogen-bond donors (Lipinski definition) is 1. The molecule has 4 aromatic heterocycles. The highest BCUT2D eigenvalue weighted by Crippen LogP contribution is 2.50. The number of aromatic nitrogens is 6. The highest BCUT2D eigenvalue weighted by atomic mass is 16.5. The number of rotatable bonds is 3. The molecular weight excluding hydrogens is 466 g/mol. The first-order chi connectivity index (χ1) is 17.8. The summed E-state index contributed by atoms with van der Waals surface area (Å²) in [5.74, 6) is 0.413. The Labute approximate surface area is 215 Å². The van der Waals surface area contributed by atoms with Crippen LogP contribution in [0, 0.1) is 12.8 Å². The fraction of sp³-hybridized carbons (Fsp3) is 0.500. The van der Waals surface area contributed by atoms with Gasteiger partial charge in [-0.3, -0.25) is 9.98 Å². The average molecular weight is 500 g/mol. The molecule has 1 fully saturated rings. The molecule has 0 saturated carbocycles. The number of aliphatic hydroxyl groups is 1. The minimum Gasteiger partial charge on any atom is -0.384 e. The lowest BCUT2D eigenvalue weighted by atomic mass is 9.79. The Bertz CT molecular complexity index is 1620. The number of dihydropyridines is 1. The van der Waals surface area contributed by atoms with E-state index in [9.17, 15) is 5.11 Å². The van der Waals surface area contributed by atoms with Crippen LogP contribution in [0.5, 0.6) is 0 Å². The van der Waals surface area contributed by atoms with Crippen molar-refractivity contribution in [2.24, 2.45) is 25.0 Å². The maximum atomic E-state index is 11.0. The summed E-state index contributed by atoms with van der Waals surface area (Å²) < 4.78 is 12.2. The minimum atomic E-state index is -0.975. The number of fused-ring (bicyclic) bond motifs is 5. The lowest BCUT2D eigenvalue weighted by molar-refractivity contribution is 0.0584. The number of aryl methyl sites for hydroxylation is 3. The van der Waals surface area contributed by atoms with Crippen LogP contribution in [0.3, 0.4) is 0 Å². The van der Waals surface area contributed by atoms with Crippen molar-refractivity contribution in [1.82, 2.24) is 29.1 Å². The number of aliphatic imine (C=N–C) groups is 1. The van der Waals surface area contributed by atoms with E-state index < -0.39 is 5.60 Å². The molecule has 37 heavy (non-hydrogen) atoms. The van der Waals surface area contributed by atoms with Gasteiger partial charge >= 0.3 is 0 Å². The van der Waals surface area contributed by atoms with Crippen LogP contribution in [0.4, 0.5) is 0 Å². The normalized spacial score (nSPS) is 20.4. The summed E-state index contributed by atoms with van der Waals surface area (Å²) >= 11 is 0. The van der Waals surface area contributed by atoms with E-state index in [-0.39, 0.29) is 6.04 Å². The van der Waals surface area contributed by atoms with Crippen molar-refractivity contribution in [3.63, 3.8) is 0 Å². The van der Waals surface area contributed by atoms with Crippen molar-refractivity contribution in [3.8, 4) is 11.3 Å². The molecule has 0 spiro atoms. The lowest BCUT2D eigenvalue weighted by Gasteiger charge is -2.38. The first-order valence-electron chi connectivity index (χ1n) is 13.2. The molecule has 3 aliphatic rings. The van der Waals surface area contributed by atoms with Crippen LogP contribution < -0.4 is 0 Å². The second kappa shape index (κ2) is 7.85. The zero-order valence-corrected chi connectivity index (χ0v) is 22.1. The number of ether oxygens (including phenoxy) is 1. The molecule has 1 atom stereocenters. The molecule has 0 aromatic carbocycles. The second-order valence-electron chi connectivity index (χ2n) is 11.2. The zero-order chi connectivity index (χ0) is 25.6. The summed E-state index contributed by atoms with van der Waals surface area (Å²) in [4.78, 5) is 10.3. The highest BCUT2D eigenvalue weighted by molar-refractivity contribution is 6.33. The summed E-state index contributed by atoms with van der Waals surface area (Å²) in [5.41, 5.74) is 10.6. The Balaban J connectivity index is 1.65. The number of hydrogen-bond acceptors (Lipinski definition) is 6. The third kappa shape index (κ3) is 3.10. The smallest absolute Gasteiger partial charge is 0.113 e. The zero-order valence-electron chi connectivity index (χ0n) is 22.1. The quantitative estimate of drug-likeness (QED) is 0.459. The average Bonchev–Trinajstić information content (AvgIpc) is 3.51. The Morgan fingerprint density at radius 2 is 1.92 bits per heavy atom. The third-order valence-electron chi connectivity index (χ3n) is 8.44. The van der Waals surface area contributed by atoms with Crippen LogP contribution in [0.25, 0.3) is 38.9 Å². The van der Waals surface area contributed by atoms with Crippen molar-refractivity contribution in [3.05, 3.63) is 35.3 Å². The summed E-state index contributed by atoms with van der Waals surface area (Å²) in [6.07, 6.45) is 7.27. The molecule has 4 aromatic rings. The van der Waals surface area contributed by atoms with Gasteiger partial charge in [0.25, 0.3) is 0 Å². The lowest BCUT2D eigenvalue weighted by Crippen LogP contribution is -2.35. The fourth-order valence-electron chi connectivity index (χ4n) is 6.89. The second-order valence-corrected chi connectivity index (χ2v) is 11.2. The predicted molar refractivity (Wildman–Crippen MR) is 144 cm³/mol. The molecular formula is C28H33N7O2. The SMILES string of the molecule is Cc1nnn(C)c1-c1cnc2c3c(cc(C(C)(C)O)n3C)n3c2c1C1=CCCN=C1C3C1CCOCC1. The molecule has 0 bridgehead atoms. The van der Waals surface area contributed by atoms with Crippen LogP contribution in [-0.2, 0) is 24.4 Å². The van der Waals surface area contributed by atoms with E-state index in [1.807, 2.05) is 45.7 Å². The van der Waals surface area contributed by atoms with Crippen molar-refractivity contribution in [1.29, 1.82) is 0 Å². The number of pyridine rings is 1. The third-order valence-corrected chi connectivity index (χ3v) is 8.44. The van der Waals surface area contributed by atoms with E-state index in [0.717, 1.165) is 83.7 Å². The van der Waals surface area contributed by atoms with Gasteiger partial charge in [0.1, 0.15) is 5.52 Å². The van der Waals surface area contributed by atoms with E-state index in [1.54, 1.807) is 0 Å². The Hall–Kier alpha value is -3.30. The molecule has 1 saturated heterocycles. The molecule has 0 amide bonds. The van der Waals surface area contributed by atoms with Crippen LogP contribution >= 0.6 is 0 Å². The maximum absolute atomic E-state index is 11.0. The van der Waals surface area contributed by atoms with Gasteiger partial charge in [-0.25, -0.2) is 4.68 Å². The number of nitrogens with zero attached hydrogens (tertiary/aromatic N) is 7. The van der Waals surface area contributed by atoms with Crippen molar-refractivity contribution < 1.29 is 9.84 Å². The van der Waals surface area contributed by atoms with Gasteiger partial charge in [-0.15, -0.1) is 5.10 Å². The summed E-state index contributed by atoms with van der Waals surface area (Å²) in [7, 11) is 3.98. The Morgan fingerprint density at radius 1 is 1.14 bits per heavy atom. The van der Waals surface area contributed by atoms with Crippen LogP contribution in [0.15, 0.2) is 23.3 Å². The summed E-state index contributed by atoms with van der Waals surface area (Å²) in [6.45, 7) is 8.04. The fourth-order valence-corrected chi connectivity index (χ4v) is 6.89. The molecule has 9 heteroatoms. The monoisotopic (exact) mass is 499 g/mol. The molecule has 7 heterocycles. The van der Waals surface area contributed by atoms with Crippen molar-refractivity contribution in [2.75, 3.05) is 19.8 Å². The molecule has 0 aliphatic carbocycles. The van der Waals surface area contributed by atoms with E-state index >= 15 is 0 Å². The van der Waals surface area contributed by atoms with Crippen molar-refractivity contribution in [2.45, 2.75) is 51.7 Å². The predicted octanol–water partition coefficient (Wildman–Crippen LogP) is 4.07. The first-order valence-corrected chi connectivity index (χ1v) is 13.2. The number of allylic oxidation sites excluding steroid dienone is 1. The van der Waals surface area contributed by atoms with Crippen molar-refractivity contribution >= 4 is 33.4 Å². The minimum absolute atomic E-state index is 0.0998. The van der Waals surface area contributed by atoms with Gasteiger partial charge in [-0.05, 0) is 52.0 Å². The van der Waals surface area contributed by atoms with E-state index in [1.165, 1.54) is 16.8 Å². The van der Waals surface area contributed by atoms with Gasteiger partial charge in [0.05, 0.1) is 51.0 Å². The standard InChI is InChI=1S/C28H33N7O2/c1-15-24(34(5)32-31-15)18-14-30-23-26-19(13-20(33(26)4)28(2,3)36)35-25(16-8-11-37-12-9-16)22-17(7-6-10-29-22)21(18)27(23)35/h7,13-14,16,25,36H,6,8-12H2,1-5H3.